The molecule has 0 radical (unpaired) electrons. The lowest BCUT2D eigenvalue weighted by atomic mass is 10.2. The summed E-state index contributed by atoms with van der Waals surface area (Å²) in [5.41, 5.74) is 1.57. The number of para-hydroxylation sites is 1. The molecule has 0 spiro atoms. The largest absolute Gasteiger partial charge is 0.508 e. The SMILES string of the molecule is O=C1C(CNc2cccc(O)c2)SC(=S)N1c1ccccc1. The normalized spacial score (nSPS) is 17.8. The fourth-order valence-electron chi connectivity index (χ4n) is 2.22. The number of benzene rings is 2. The number of hydrogen-bond donors (Lipinski definition) is 2. The summed E-state index contributed by atoms with van der Waals surface area (Å²) in [7, 11) is 0. The summed E-state index contributed by atoms with van der Waals surface area (Å²) in [6.45, 7) is 0.455. The first-order valence-electron chi connectivity index (χ1n) is 6.78. The van der Waals surface area contributed by atoms with Gasteiger partial charge in [-0.2, -0.15) is 0 Å². The smallest absolute Gasteiger partial charge is 0.247 e. The average Bonchev–Trinajstić information content (AvgIpc) is 2.80. The van der Waals surface area contributed by atoms with Gasteiger partial charge in [0.1, 0.15) is 15.3 Å². The van der Waals surface area contributed by atoms with Crippen LogP contribution >= 0.6 is 24.0 Å². The standard InChI is InChI=1S/C16H14N2O2S2/c19-13-8-4-5-11(9-13)17-10-14-15(20)18(16(21)22-14)12-6-2-1-3-7-12/h1-9,14,17,19H,10H2. The number of nitrogens with one attached hydrogen (secondary N) is 1. The number of nitrogens with zero attached hydrogens (tertiary/aromatic N) is 1. The van der Waals surface area contributed by atoms with Crippen LogP contribution in [0.5, 0.6) is 5.75 Å². The van der Waals surface area contributed by atoms with Crippen molar-refractivity contribution in [3.05, 3.63) is 54.6 Å². The number of thiocarbonyl (C=S) groups is 1. The van der Waals surface area contributed by atoms with Crippen molar-refractivity contribution in [2.45, 2.75) is 5.25 Å². The van der Waals surface area contributed by atoms with Crippen molar-refractivity contribution in [1.29, 1.82) is 0 Å². The Bertz CT molecular complexity index is 706. The van der Waals surface area contributed by atoms with Crippen LogP contribution in [-0.2, 0) is 4.79 Å². The zero-order valence-corrected chi connectivity index (χ0v) is 13.2. The van der Waals surface area contributed by atoms with E-state index in [1.165, 1.54) is 11.8 Å². The Morgan fingerprint density at radius 1 is 1.18 bits per heavy atom. The van der Waals surface area contributed by atoms with Gasteiger partial charge in [-0.3, -0.25) is 9.69 Å². The molecule has 1 aliphatic heterocycles. The van der Waals surface area contributed by atoms with Crippen LogP contribution in [0.15, 0.2) is 54.6 Å². The molecule has 3 rings (SSSR count). The molecule has 2 aromatic rings. The molecule has 0 bridgehead atoms. The molecule has 1 fully saturated rings. The second kappa shape index (κ2) is 6.37. The topological polar surface area (TPSA) is 52.6 Å². The lowest BCUT2D eigenvalue weighted by molar-refractivity contribution is -0.116. The average molecular weight is 330 g/mol. The zero-order chi connectivity index (χ0) is 15.5. The molecule has 22 heavy (non-hydrogen) atoms. The van der Waals surface area contributed by atoms with E-state index in [2.05, 4.69) is 5.32 Å². The summed E-state index contributed by atoms with van der Waals surface area (Å²) < 4.78 is 0.568. The van der Waals surface area contributed by atoms with E-state index in [0.717, 1.165) is 11.4 Å². The first-order valence-corrected chi connectivity index (χ1v) is 8.06. The quantitative estimate of drug-likeness (QED) is 0.843. The van der Waals surface area contributed by atoms with Crippen molar-refractivity contribution < 1.29 is 9.90 Å². The summed E-state index contributed by atoms with van der Waals surface area (Å²) in [6.07, 6.45) is 0. The summed E-state index contributed by atoms with van der Waals surface area (Å²) in [4.78, 5) is 14.1. The maximum atomic E-state index is 12.5. The molecule has 2 aromatic carbocycles. The van der Waals surface area contributed by atoms with Crippen molar-refractivity contribution in [3.8, 4) is 5.75 Å². The lowest BCUT2D eigenvalue weighted by Gasteiger charge is -2.15. The maximum absolute atomic E-state index is 12.5. The third-order valence-corrected chi connectivity index (χ3v) is 4.78. The summed E-state index contributed by atoms with van der Waals surface area (Å²) in [5.74, 6) is 0.172. The van der Waals surface area contributed by atoms with Gasteiger partial charge in [0.15, 0.2) is 0 Å². The molecular formula is C16H14N2O2S2. The molecule has 2 N–H and O–H groups in total. The van der Waals surface area contributed by atoms with Crippen LogP contribution in [0.1, 0.15) is 0 Å². The van der Waals surface area contributed by atoms with Crippen LogP contribution in [0.2, 0.25) is 0 Å². The number of phenolic OH excluding ortho intramolecular Hbond substituents is 1. The highest BCUT2D eigenvalue weighted by atomic mass is 32.2. The van der Waals surface area contributed by atoms with Crippen molar-refractivity contribution >= 4 is 45.6 Å². The Morgan fingerprint density at radius 3 is 2.68 bits per heavy atom. The van der Waals surface area contributed by atoms with Gasteiger partial charge in [-0.05, 0) is 24.3 Å². The molecule has 0 saturated carbocycles. The molecule has 0 aliphatic carbocycles. The second-order valence-electron chi connectivity index (χ2n) is 4.81. The van der Waals surface area contributed by atoms with Crippen LogP contribution in [-0.4, -0.2) is 27.1 Å². The monoisotopic (exact) mass is 330 g/mol. The van der Waals surface area contributed by atoms with Gasteiger partial charge in [0, 0.05) is 18.3 Å². The molecule has 1 unspecified atom stereocenters. The third-order valence-electron chi connectivity index (χ3n) is 3.27. The van der Waals surface area contributed by atoms with E-state index in [-0.39, 0.29) is 16.9 Å². The van der Waals surface area contributed by atoms with Gasteiger partial charge in [0.05, 0.1) is 5.69 Å². The van der Waals surface area contributed by atoms with Crippen LogP contribution in [0, 0.1) is 0 Å². The highest BCUT2D eigenvalue weighted by molar-refractivity contribution is 8.25. The van der Waals surface area contributed by atoms with E-state index in [9.17, 15) is 9.90 Å². The minimum absolute atomic E-state index is 0.0196. The second-order valence-corrected chi connectivity index (χ2v) is 6.65. The number of aromatic hydroxyl groups is 1. The minimum Gasteiger partial charge on any atom is -0.508 e. The molecule has 1 saturated heterocycles. The summed E-state index contributed by atoms with van der Waals surface area (Å²) >= 11 is 6.71. The van der Waals surface area contributed by atoms with Gasteiger partial charge >= 0.3 is 0 Å². The fraction of sp³-hybridized carbons (Fsp3) is 0.125. The van der Waals surface area contributed by atoms with Gasteiger partial charge in [0.25, 0.3) is 0 Å². The molecule has 112 valence electrons. The van der Waals surface area contributed by atoms with Crippen LogP contribution in [0.25, 0.3) is 0 Å². The zero-order valence-electron chi connectivity index (χ0n) is 11.6. The van der Waals surface area contributed by atoms with Crippen molar-refractivity contribution in [1.82, 2.24) is 0 Å². The minimum atomic E-state index is -0.268. The number of hydrogen-bond acceptors (Lipinski definition) is 5. The van der Waals surface area contributed by atoms with Gasteiger partial charge < -0.3 is 10.4 Å². The number of phenols is 1. The molecule has 0 aromatic heterocycles. The van der Waals surface area contributed by atoms with Gasteiger partial charge in [-0.25, -0.2) is 0 Å². The molecule has 6 heteroatoms. The Balaban J connectivity index is 1.69. The highest BCUT2D eigenvalue weighted by Gasteiger charge is 2.37. The van der Waals surface area contributed by atoms with Crippen molar-refractivity contribution in [2.24, 2.45) is 0 Å². The summed E-state index contributed by atoms with van der Waals surface area (Å²) in [6, 6.07) is 16.2. The molecule has 1 heterocycles. The molecule has 4 nitrogen and oxygen atoms in total. The van der Waals surface area contributed by atoms with Crippen LogP contribution in [0.4, 0.5) is 11.4 Å². The summed E-state index contributed by atoms with van der Waals surface area (Å²) in [5, 5.41) is 12.3. The number of anilines is 2. The van der Waals surface area contributed by atoms with E-state index in [1.54, 1.807) is 23.1 Å². The predicted molar refractivity (Wildman–Crippen MR) is 94.5 cm³/mol. The molecule has 1 atom stereocenters. The van der Waals surface area contributed by atoms with E-state index in [4.69, 9.17) is 12.2 Å². The molecule has 1 amide bonds. The highest BCUT2D eigenvalue weighted by Crippen LogP contribution is 2.32. The van der Waals surface area contributed by atoms with E-state index in [1.807, 2.05) is 36.4 Å². The Hall–Kier alpha value is -2.05. The Kier molecular flexibility index (Phi) is 4.31. The number of thioether (sulfide) groups is 1. The number of carbonyl (C=O) groups excluding carboxylic acids is 1. The van der Waals surface area contributed by atoms with Crippen molar-refractivity contribution in [2.75, 3.05) is 16.8 Å². The van der Waals surface area contributed by atoms with E-state index < -0.39 is 0 Å². The Morgan fingerprint density at radius 2 is 1.95 bits per heavy atom. The maximum Gasteiger partial charge on any atom is 0.247 e. The molecular weight excluding hydrogens is 316 g/mol. The lowest BCUT2D eigenvalue weighted by Crippen LogP contribution is -2.33. The number of amides is 1. The third kappa shape index (κ3) is 3.08. The van der Waals surface area contributed by atoms with Crippen LogP contribution < -0.4 is 10.2 Å². The number of rotatable bonds is 4. The van der Waals surface area contributed by atoms with Gasteiger partial charge in [-0.15, -0.1) is 0 Å². The molecule has 1 aliphatic rings. The van der Waals surface area contributed by atoms with E-state index in [0.29, 0.717) is 10.9 Å². The number of carbonyl (C=O) groups is 1. The van der Waals surface area contributed by atoms with Gasteiger partial charge in [0.2, 0.25) is 5.91 Å². The first-order chi connectivity index (χ1) is 10.6. The fourth-order valence-corrected chi connectivity index (χ4v) is 3.68. The van der Waals surface area contributed by atoms with Crippen LogP contribution in [0.3, 0.4) is 0 Å². The van der Waals surface area contributed by atoms with Crippen molar-refractivity contribution in [3.63, 3.8) is 0 Å². The van der Waals surface area contributed by atoms with Gasteiger partial charge in [-0.1, -0.05) is 48.2 Å². The first kappa shape index (κ1) is 14.9. The predicted octanol–water partition coefficient (Wildman–Crippen LogP) is 3.24. The Labute approximate surface area is 138 Å². The van der Waals surface area contributed by atoms with E-state index >= 15 is 0 Å².